The molecular formula is C17H28Cl2N4O. The molecule has 2 fully saturated rings. The van der Waals surface area contributed by atoms with E-state index >= 15 is 0 Å². The Hall–Kier alpha value is -1.04. The summed E-state index contributed by atoms with van der Waals surface area (Å²) in [6.45, 7) is 3.72. The van der Waals surface area contributed by atoms with Gasteiger partial charge in [-0.3, -0.25) is 4.79 Å². The Morgan fingerprint density at radius 2 is 2.00 bits per heavy atom. The van der Waals surface area contributed by atoms with Crippen LogP contribution in [0, 0.1) is 0 Å². The van der Waals surface area contributed by atoms with Crippen LogP contribution in [0.1, 0.15) is 44.1 Å². The van der Waals surface area contributed by atoms with Crippen molar-refractivity contribution in [2.75, 3.05) is 24.5 Å². The highest BCUT2D eigenvalue weighted by Gasteiger charge is 2.20. The molecule has 2 aliphatic heterocycles. The number of anilines is 1. The third-order valence-electron chi connectivity index (χ3n) is 4.58. The van der Waals surface area contributed by atoms with Gasteiger partial charge in [0.2, 0.25) is 5.91 Å². The monoisotopic (exact) mass is 374 g/mol. The number of carbonyl (C=O) groups is 1. The van der Waals surface area contributed by atoms with Crippen molar-refractivity contribution in [1.29, 1.82) is 0 Å². The molecule has 0 unspecified atom stereocenters. The molecule has 1 aromatic heterocycles. The molecule has 7 heteroatoms. The number of rotatable bonds is 4. The van der Waals surface area contributed by atoms with Crippen LogP contribution in [0.4, 0.5) is 5.82 Å². The highest BCUT2D eigenvalue weighted by atomic mass is 35.5. The molecule has 0 radical (unpaired) electrons. The number of amides is 1. The first-order chi connectivity index (χ1) is 10.8. The van der Waals surface area contributed by atoms with Crippen molar-refractivity contribution in [2.24, 2.45) is 0 Å². The number of aromatic nitrogens is 1. The lowest BCUT2D eigenvalue weighted by molar-refractivity contribution is -0.123. The Morgan fingerprint density at radius 3 is 2.71 bits per heavy atom. The fourth-order valence-electron chi connectivity index (χ4n) is 3.25. The van der Waals surface area contributed by atoms with Crippen molar-refractivity contribution in [3.05, 3.63) is 23.9 Å². The van der Waals surface area contributed by atoms with Gasteiger partial charge in [-0.05, 0) is 56.3 Å². The van der Waals surface area contributed by atoms with E-state index < -0.39 is 0 Å². The van der Waals surface area contributed by atoms with Crippen molar-refractivity contribution >= 4 is 36.5 Å². The number of piperidine rings is 2. The van der Waals surface area contributed by atoms with Crippen LogP contribution in [-0.4, -0.2) is 36.6 Å². The van der Waals surface area contributed by atoms with Crippen LogP contribution >= 0.6 is 24.8 Å². The van der Waals surface area contributed by atoms with Gasteiger partial charge in [-0.15, -0.1) is 24.8 Å². The summed E-state index contributed by atoms with van der Waals surface area (Å²) in [5, 5.41) is 6.34. The fourth-order valence-corrected chi connectivity index (χ4v) is 3.25. The normalized spacial score (nSPS) is 20.5. The zero-order valence-corrected chi connectivity index (χ0v) is 15.6. The molecule has 2 aliphatic rings. The first kappa shape index (κ1) is 21.0. The number of halogens is 2. The Labute approximate surface area is 156 Å². The van der Waals surface area contributed by atoms with Crippen molar-refractivity contribution < 1.29 is 4.79 Å². The molecule has 3 heterocycles. The summed E-state index contributed by atoms with van der Waals surface area (Å²) in [7, 11) is 0. The van der Waals surface area contributed by atoms with Crippen LogP contribution < -0.4 is 15.5 Å². The largest absolute Gasteiger partial charge is 0.357 e. The minimum atomic E-state index is -0.0165. The molecule has 5 nitrogen and oxygen atoms in total. The van der Waals surface area contributed by atoms with Gasteiger partial charge in [0.15, 0.2) is 0 Å². The summed E-state index contributed by atoms with van der Waals surface area (Å²) in [5.41, 5.74) is 1.12. The van der Waals surface area contributed by atoms with Crippen molar-refractivity contribution in [3.63, 3.8) is 0 Å². The van der Waals surface area contributed by atoms with Gasteiger partial charge in [0.05, 0.1) is 6.04 Å². The highest BCUT2D eigenvalue weighted by molar-refractivity contribution is 5.85. The summed E-state index contributed by atoms with van der Waals surface area (Å²) in [5.74, 6) is 1.17. The van der Waals surface area contributed by atoms with Gasteiger partial charge in [-0.1, -0.05) is 6.42 Å². The van der Waals surface area contributed by atoms with E-state index in [0.717, 1.165) is 43.9 Å². The molecule has 24 heavy (non-hydrogen) atoms. The first-order valence-corrected chi connectivity index (χ1v) is 8.54. The summed E-state index contributed by atoms with van der Waals surface area (Å²) < 4.78 is 0. The molecule has 0 bridgehead atoms. The number of nitrogens with zero attached hydrogens (tertiary/aromatic N) is 2. The van der Waals surface area contributed by atoms with Crippen LogP contribution in [-0.2, 0) is 11.3 Å². The lowest BCUT2D eigenvalue weighted by atomic mass is 10.0. The fraction of sp³-hybridized carbons (Fsp3) is 0.647. The van der Waals surface area contributed by atoms with Crippen LogP contribution in [0.25, 0.3) is 0 Å². The highest BCUT2D eigenvalue weighted by Crippen LogP contribution is 2.18. The third-order valence-corrected chi connectivity index (χ3v) is 4.58. The van der Waals surface area contributed by atoms with E-state index in [-0.39, 0.29) is 36.8 Å². The summed E-state index contributed by atoms with van der Waals surface area (Å²) in [6.07, 6.45) is 8.92. The SMILES string of the molecule is Cl.Cl.O=C(NCc1ccnc(N2CCCCC2)c1)[C@H]1CCCCN1. The predicted molar refractivity (Wildman–Crippen MR) is 102 cm³/mol. The molecule has 0 spiro atoms. The molecular weight excluding hydrogens is 347 g/mol. The quantitative estimate of drug-likeness (QED) is 0.850. The second kappa shape index (κ2) is 10.7. The molecule has 136 valence electrons. The van der Waals surface area contributed by atoms with Crippen LogP contribution in [0.2, 0.25) is 0 Å². The Kier molecular flexibility index (Phi) is 9.41. The van der Waals surface area contributed by atoms with Gasteiger partial charge in [0.1, 0.15) is 5.82 Å². The molecule has 0 saturated carbocycles. The lowest BCUT2D eigenvalue weighted by Crippen LogP contribution is -2.46. The Morgan fingerprint density at radius 1 is 1.21 bits per heavy atom. The van der Waals surface area contributed by atoms with Crippen LogP contribution in [0.5, 0.6) is 0 Å². The zero-order valence-electron chi connectivity index (χ0n) is 14.0. The summed E-state index contributed by atoms with van der Waals surface area (Å²) in [4.78, 5) is 19.0. The topological polar surface area (TPSA) is 57.3 Å². The van der Waals surface area contributed by atoms with E-state index in [1.165, 1.54) is 25.7 Å². The lowest BCUT2D eigenvalue weighted by Gasteiger charge is -2.28. The third kappa shape index (κ3) is 5.80. The number of hydrogen-bond acceptors (Lipinski definition) is 4. The van der Waals surface area contributed by atoms with Gasteiger partial charge < -0.3 is 15.5 Å². The van der Waals surface area contributed by atoms with E-state index in [9.17, 15) is 4.79 Å². The van der Waals surface area contributed by atoms with E-state index in [1.807, 2.05) is 12.3 Å². The summed E-state index contributed by atoms with van der Waals surface area (Å²) >= 11 is 0. The van der Waals surface area contributed by atoms with Gasteiger partial charge in [0, 0.05) is 25.8 Å². The second-order valence-electron chi connectivity index (χ2n) is 6.29. The standard InChI is InChI=1S/C17H26N4O.2ClH/c22-17(15-6-2-3-8-18-15)20-13-14-7-9-19-16(12-14)21-10-4-1-5-11-21;;/h7,9,12,15,18H,1-6,8,10-11,13H2,(H,20,22);2*1H/t15-;;/m1../s1. The predicted octanol–water partition coefficient (Wildman–Crippen LogP) is 2.67. The van der Waals surface area contributed by atoms with E-state index in [2.05, 4.69) is 26.6 Å². The molecule has 2 saturated heterocycles. The van der Waals surface area contributed by atoms with Crippen LogP contribution in [0.3, 0.4) is 0 Å². The van der Waals surface area contributed by atoms with Crippen molar-refractivity contribution in [3.8, 4) is 0 Å². The number of hydrogen-bond donors (Lipinski definition) is 2. The maximum atomic E-state index is 12.2. The maximum absolute atomic E-state index is 12.2. The van der Waals surface area contributed by atoms with Gasteiger partial charge >= 0.3 is 0 Å². The molecule has 3 rings (SSSR count). The first-order valence-electron chi connectivity index (χ1n) is 8.54. The Bertz CT molecular complexity index is 503. The minimum Gasteiger partial charge on any atom is -0.357 e. The zero-order chi connectivity index (χ0) is 15.2. The van der Waals surface area contributed by atoms with Crippen LogP contribution in [0.15, 0.2) is 18.3 Å². The second-order valence-corrected chi connectivity index (χ2v) is 6.29. The molecule has 0 aliphatic carbocycles. The molecule has 2 N–H and O–H groups in total. The molecule has 0 aromatic carbocycles. The van der Waals surface area contributed by atoms with Gasteiger partial charge in [-0.2, -0.15) is 0 Å². The average Bonchev–Trinajstić information content (AvgIpc) is 2.61. The van der Waals surface area contributed by atoms with Crippen molar-refractivity contribution in [1.82, 2.24) is 15.6 Å². The number of carbonyl (C=O) groups excluding carboxylic acids is 1. The Balaban J connectivity index is 0.00000144. The molecule has 1 atom stereocenters. The average molecular weight is 375 g/mol. The molecule has 1 amide bonds. The van der Waals surface area contributed by atoms with Gasteiger partial charge in [-0.25, -0.2) is 4.98 Å². The number of pyridine rings is 1. The van der Waals surface area contributed by atoms with E-state index in [4.69, 9.17) is 0 Å². The minimum absolute atomic E-state index is 0. The number of nitrogens with one attached hydrogen (secondary N) is 2. The summed E-state index contributed by atoms with van der Waals surface area (Å²) in [6, 6.07) is 4.08. The smallest absolute Gasteiger partial charge is 0.237 e. The maximum Gasteiger partial charge on any atom is 0.237 e. The molecule has 1 aromatic rings. The van der Waals surface area contributed by atoms with E-state index in [0.29, 0.717) is 6.54 Å². The van der Waals surface area contributed by atoms with E-state index in [1.54, 1.807) is 0 Å². The van der Waals surface area contributed by atoms with Crippen molar-refractivity contribution in [2.45, 2.75) is 51.1 Å². The van der Waals surface area contributed by atoms with Gasteiger partial charge in [0.25, 0.3) is 0 Å².